The molecule has 1 aliphatic rings. The lowest BCUT2D eigenvalue weighted by molar-refractivity contribution is -0.123. The van der Waals surface area contributed by atoms with Gasteiger partial charge in [0.1, 0.15) is 0 Å². The van der Waals surface area contributed by atoms with E-state index in [1.807, 2.05) is 0 Å². The van der Waals surface area contributed by atoms with Gasteiger partial charge in [0, 0.05) is 5.92 Å². The van der Waals surface area contributed by atoms with Gasteiger partial charge < -0.3 is 0 Å². The van der Waals surface area contributed by atoms with E-state index in [2.05, 4.69) is 13.5 Å². The summed E-state index contributed by atoms with van der Waals surface area (Å²) in [6, 6.07) is 0. The molecule has 0 spiro atoms. The quantitative estimate of drug-likeness (QED) is 0.453. The molecule has 1 rings (SSSR count). The van der Waals surface area contributed by atoms with Crippen LogP contribution in [-0.4, -0.2) is 5.78 Å². The van der Waals surface area contributed by atoms with Crippen molar-refractivity contribution in [3.63, 3.8) is 0 Å². The van der Waals surface area contributed by atoms with Crippen molar-refractivity contribution in [3.8, 4) is 0 Å². The lowest BCUT2D eigenvalue weighted by Gasteiger charge is -2.26. The molecular formula is C11H18O. The Bertz CT molecular complexity index is 181. The van der Waals surface area contributed by atoms with Gasteiger partial charge in [0.15, 0.2) is 5.78 Å². The van der Waals surface area contributed by atoms with Crippen molar-refractivity contribution in [2.75, 3.05) is 0 Å². The number of hydrogen-bond donors (Lipinski definition) is 0. The molecule has 12 heavy (non-hydrogen) atoms. The van der Waals surface area contributed by atoms with Crippen LogP contribution in [-0.2, 0) is 4.79 Å². The molecule has 1 nitrogen and oxygen atoms in total. The van der Waals surface area contributed by atoms with Crippen LogP contribution in [0.1, 0.15) is 45.4 Å². The zero-order chi connectivity index (χ0) is 8.97. The first kappa shape index (κ1) is 9.50. The van der Waals surface area contributed by atoms with Crippen LogP contribution in [0.4, 0.5) is 0 Å². The number of Topliss-reactive ketones (excluding diaryl/α,β-unsaturated/α-hetero) is 1. The molecule has 0 aromatic carbocycles. The van der Waals surface area contributed by atoms with Gasteiger partial charge in [-0.2, -0.15) is 0 Å². The Hall–Kier alpha value is -0.590. The average Bonchev–Trinajstić information content (AvgIpc) is 2.10. The molecule has 1 saturated carbocycles. The maximum absolute atomic E-state index is 11.1. The fourth-order valence-electron chi connectivity index (χ4n) is 1.70. The predicted octanol–water partition coefficient (Wildman–Crippen LogP) is 3.10. The van der Waals surface area contributed by atoms with E-state index < -0.39 is 0 Å². The smallest absolute Gasteiger partial charge is 0.161 e. The van der Waals surface area contributed by atoms with Crippen LogP contribution >= 0.6 is 0 Å². The molecule has 0 radical (unpaired) electrons. The summed E-state index contributed by atoms with van der Waals surface area (Å²) in [4.78, 5) is 11.1. The van der Waals surface area contributed by atoms with Crippen LogP contribution in [0, 0.1) is 5.92 Å². The molecule has 0 bridgehead atoms. The van der Waals surface area contributed by atoms with Gasteiger partial charge in [-0.15, -0.1) is 0 Å². The van der Waals surface area contributed by atoms with Crippen molar-refractivity contribution in [1.82, 2.24) is 0 Å². The minimum absolute atomic E-state index is 0.325. The summed E-state index contributed by atoms with van der Waals surface area (Å²) in [7, 11) is 0. The maximum Gasteiger partial charge on any atom is 0.161 e. The SMILES string of the molecule is C=C1CC(CCCCCC)C1=O. The lowest BCUT2D eigenvalue weighted by atomic mass is 9.76. The molecule has 1 atom stereocenters. The molecule has 0 N–H and O–H groups in total. The van der Waals surface area contributed by atoms with E-state index in [-0.39, 0.29) is 0 Å². The van der Waals surface area contributed by atoms with Crippen molar-refractivity contribution >= 4 is 5.78 Å². The number of rotatable bonds is 5. The van der Waals surface area contributed by atoms with Crippen molar-refractivity contribution in [3.05, 3.63) is 12.2 Å². The van der Waals surface area contributed by atoms with E-state index >= 15 is 0 Å². The molecule has 1 aliphatic carbocycles. The lowest BCUT2D eigenvalue weighted by Crippen LogP contribution is -2.28. The summed E-state index contributed by atoms with van der Waals surface area (Å²) in [5, 5.41) is 0. The van der Waals surface area contributed by atoms with E-state index in [9.17, 15) is 4.79 Å². The third-order valence-electron chi connectivity index (χ3n) is 2.62. The fourth-order valence-corrected chi connectivity index (χ4v) is 1.70. The molecule has 0 aromatic heterocycles. The highest BCUT2D eigenvalue weighted by Gasteiger charge is 2.31. The Kier molecular flexibility index (Phi) is 3.51. The van der Waals surface area contributed by atoms with Gasteiger partial charge in [-0.25, -0.2) is 0 Å². The number of carbonyl (C=O) groups excluding carboxylic acids is 1. The standard InChI is InChI=1S/C11H18O/c1-3-4-5-6-7-10-8-9(2)11(10)12/h10H,2-8H2,1H3. The Labute approximate surface area is 74.9 Å². The summed E-state index contributed by atoms with van der Waals surface area (Å²) in [6.07, 6.45) is 7.14. The predicted molar refractivity (Wildman–Crippen MR) is 51.0 cm³/mol. The molecule has 1 fully saturated rings. The fraction of sp³-hybridized carbons (Fsp3) is 0.727. The second-order valence-electron chi connectivity index (χ2n) is 3.72. The highest BCUT2D eigenvalue weighted by atomic mass is 16.1. The number of unbranched alkanes of at least 4 members (excludes halogenated alkanes) is 3. The van der Waals surface area contributed by atoms with Crippen LogP contribution < -0.4 is 0 Å². The second kappa shape index (κ2) is 4.44. The minimum atomic E-state index is 0.325. The zero-order valence-electron chi connectivity index (χ0n) is 7.94. The summed E-state index contributed by atoms with van der Waals surface area (Å²) >= 11 is 0. The van der Waals surface area contributed by atoms with Crippen molar-refractivity contribution in [2.24, 2.45) is 5.92 Å². The molecule has 0 saturated heterocycles. The number of hydrogen-bond acceptors (Lipinski definition) is 1. The Balaban J connectivity index is 2.02. The van der Waals surface area contributed by atoms with Crippen LogP contribution in [0.25, 0.3) is 0 Å². The monoisotopic (exact) mass is 166 g/mol. The van der Waals surface area contributed by atoms with Crippen molar-refractivity contribution < 1.29 is 4.79 Å². The highest BCUT2D eigenvalue weighted by molar-refractivity contribution is 6.02. The molecule has 0 amide bonds. The third kappa shape index (κ3) is 2.20. The first-order chi connectivity index (χ1) is 5.75. The Morgan fingerprint density at radius 3 is 2.67 bits per heavy atom. The van der Waals surface area contributed by atoms with E-state index in [0.717, 1.165) is 18.4 Å². The van der Waals surface area contributed by atoms with E-state index in [0.29, 0.717) is 11.7 Å². The molecule has 0 aromatic rings. The number of ketones is 1. The van der Waals surface area contributed by atoms with E-state index in [4.69, 9.17) is 0 Å². The molecule has 0 heterocycles. The van der Waals surface area contributed by atoms with Gasteiger partial charge in [-0.3, -0.25) is 4.79 Å². The van der Waals surface area contributed by atoms with Crippen LogP contribution in [0.5, 0.6) is 0 Å². The first-order valence-corrected chi connectivity index (χ1v) is 4.97. The van der Waals surface area contributed by atoms with Gasteiger partial charge in [0.2, 0.25) is 0 Å². The Morgan fingerprint density at radius 1 is 1.42 bits per heavy atom. The normalized spacial score (nSPS) is 22.6. The molecule has 0 aliphatic heterocycles. The van der Waals surface area contributed by atoms with E-state index in [1.54, 1.807) is 0 Å². The molecule has 1 heteroatoms. The average molecular weight is 166 g/mol. The number of carbonyl (C=O) groups is 1. The first-order valence-electron chi connectivity index (χ1n) is 4.97. The summed E-state index contributed by atoms with van der Waals surface area (Å²) in [6.45, 7) is 5.89. The van der Waals surface area contributed by atoms with Crippen molar-refractivity contribution in [2.45, 2.75) is 45.4 Å². The van der Waals surface area contributed by atoms with Gasteiger partial charge in [-0.05, 0) is 18.4 Å². The van der Waals surface area contributed by atoms with Crippen molar-refractivity contribution in [1.29, 1.82) is 0 Å². The largest absolute Gasteiger partial charge is 0.294 e. The molecule has 68 valence electrons. The maximum atomic E-state index is 11.1. The van der Waals surface area contributed by atoms with Gasteiger partial charge in [-0.1, -0.05) is 39.2 Å². The van der Waals surface area contributed by atoms with Gasteiger partial charge in [0.05, 0.1) is 0 Å². The highest BCUT2D eigenvalue weighted by Crippen LogP contribution is 2.31. The summed E-state index contributed by atoms with van der Waals surface area (Å²) < 4.78 is 0. The zero-order valence-corrected chi connectivity index (χ0v) is 7.94. The van der Waals surface area contributed by atoms with Gasteiger partial charge >= 0.3 is 0 Å². The van der Waals surface area contributed by atoms with Gasteiger partial charge in [0.25, 0.3) is 0 Å². The summed E-state index contributed by atoms with van der Waals surface area (Å²) in [5.41, 5.74) is 0.843. The van der Waals surface area contributed by atoms with Crippen LogP contribution in [0.15, 0.2) is 12.2 Å². The topological polar surface area (TPSA) is 17.1 Å². The van der Waals surface area contributed by atoms with Crippen LogP contribution in [0.2, 0.25) is 0 Å². The number of allylic oxidation sites excluding steroid dienone is 1. The third-order valence-corrected chi connectivity index (χ3v) is 2.62. The second-order valence-corrected chi connectivity index (χ2v) is 3.72. The molecular weight excluding hydrogens is 148 g/mol. The minimum Gasteiger partial charge on any atom is -0.294 e. The van der Waals surface area contributed by atoms with Crippen LogP contribution in [0.3, 0.4) is 0 Å². The Morgan fingerprint density at radius 2 is 2.17 bits per heavy atom. The molecule has 1 unspecified atom stereocenters. The summed E-state index contributed by atoms with van der Waals surface area (Å²) in [5.74, 6) is 0.667. The van der Waals surface area contributed by atoms with E-state index in [1.165, 1.54) is 25.7 Å².